The molecule has 20 heavy (non-hydrogen) atoms. The van der Waals surface area contributed by atoms with Crippen molar-refractivity contribution < 1.29 is 0 Å². The molecule has 1 fully saturated rings. The van der Waals surface area contributed by atoms with Crippen molar-refractivity contribution in [2.75, 3.05) is 18.0 Å². The second-order valence-corrected chi connectivity index (χ2v) is 5.57. The zero-order valence-corrected chi connectivity index (χ0v) is 11.9. The minimum Gasteiger partial charge on any atom is -0.384 e. The highest BCUT2D eigenvalue weighted by Gasteiger charge is 2.24. The third-order valence-electron chi connectivity index (χ3n) is 4.09. The monoisotopic (exact) mass is 267 g/mol. The van der Waals surface area contributed by atoms with Gasteiger partial charge in [0.05, 0.1) is 0 Å². The second-order valence-electron chi connectivity index (χ2n) is 5.57. The van der Waals surface area contributed by atoms with Gasteiger partial charge in [-0.1, -0.05) is 24.3 Å². The topological polar surface area (TPSA) is 53.1 Å². The molecule has 0 bridgehead atoms. The molecule has 0 spiro atoms. The van der Waals surface area contributed by atoms with Crippen LogP contribution in [0.4, 0.5) is 5.69 Å². The van der Waals surface area contributed by atoms with Crippen molar-refractivity contribution in [2.45, 2.75) is 19.8 Å². The first-order valence-electron chi connectivity index (χ1n) is 7.31. The fraction of sp³-hybridized carbons (Fsp3) is 0.353. The lowest BCUT2D eigenvalue weighted by Crippen LogP contribution is -2.25. The fourth-order valence-corrected chi connectivity index (χ4v) is 2.80. The number of nitrogen functional groups attached to an aromatic ring is 1. The van der Waals surface area contributed by atoms with Crippen molar-refractivity contribution in [3.05, 3.63) is 42.0 Å². The standard InChI is InChI=1S/C17H21N3/c1-2-20(11-12-7-8-12)16-10-9-15(17(18)19)13-5-3-4-6-14(13)16/h3-6,9-10,12H,2,7-8,11H2,1H3,(H3,18,19). The van der Waals surface area contributed by atoms with Gasteiger partial charge in [0.2, 0.25) is 0 Å². The average Bonchev–Trinajstić information content (AvgIpc) is 3.27. The van der Waals surface area contributed by atoms with Gasteiger partial charge in [-0.3, -0.25) is 5.41 Å². The Hall–Kier alpha value is -2.03. The first kappa shape index (κ1) is 13.0. The average molecular weight is 267 g/mol. The number of hydrogen-bond acceptors (Lipinski definition) is 2. The van der Waals surface area contributed by atoms with Gasteiger partial charge in [0, 0.05) is 29.7 Å². The molecule has 0 aromatic heterocycles. The molecule has 1 saturated carbocycles. The van der Waals surface area contributed by atoms with E-state index in [4.69, 9.17) is 11.1 Å². The van der Waals surface area contributed by atoms with Crippen LogP contribution < -0.4 is 10.6 Å². The largest absolute Gasteiger partial charge is 0.384 e. The molecule has 1 aliphatic rings. The maximum absolute atomic E-state index is 7.73. The van der Waals surface area contributed by atoms with Crippen LogP contribution in [0.15, 0.2) is 36.4 Å². The fourth-order valence-electron chi connectivity index (χ4n) is 2.80. The third kappa shape index (κ3) is 2.36. The molecule has 104 valence electrons. The lowest BCUT2D eigenvalue weighted by molar-refractivity contribution is 0.744. The minimum atomic E-state index is 0.137. The Labute approximate surface area is 119 Å². The molecule has 0 unspecified atom stereocenters. The van der Waals surface area contributed by atoms with Crippen LogP contribution in [0.5, 0.6) is 0 Å². The van der Waals surface area contributed by atoms with E-state index in [2.05, 4.69) is 36.1 Å². The molecule has 0 saturated heterocycles. The molecule has 3 nitrogen and oxygen atoms in total. The van der Waals surface area contributed by atoms with Crippen molar-refractivity contribution in [1.29, 1.82) is 5.41 Å². The molecule has 1 aliphatic carbocycles. The van der Waals surface area contributed by atoms with E-state index in [0.717, 1.165) is 30.0 Å². The zero-order valence-electron chi connectivity index (χ0n) is 11.9. The number of hydrogen-bond donors (Lipinski definition) is 2. The van der Waals surface area contributed by atoms with Gasteiger partial charge in [0.1, 0.15) is 5.84 Å². The molecule has 3 heteroatoms. The van der Waals surface area contributed by atoms with Crippen molar-refractivity contribution in [3.8, 4) is 0 Å². The highest BCUT2D eigenvalue weighted by molar-refractivity contribution is 6.10. The van der Waals surface area contributed by atoms with E-state index < -0.39 is 0 Å². The molecule has 0 atom stereocenters. The maximum Gasteiger partial charge on any atom is 0.123 e. The van der Waals surface area contributed by atoms with Gasteiger partial charge in [-0.15, -0.1) is 0 Å². The Bertz CT molecular complexity index is 644. The van der Waals surface area contributed by atoms with Crippen LogP contribution in [-0.4, -0.2) is 18.9 Å². The first-order chi connectivity index (χ1) is 9.70. The molecular weight excluding hydrogens is 246 g/mol. The predicted octanol–water partition coefficient (Wildman–Crippen LogP) is 3.36. The summed E-state index contributed by atoms with van der Waals surface area (Å²) in [7, 11) is 0. The van der Waals surface area contributed by atoms with Gasteiger partial charge in [0.25, 0.3) is 0 Å². The molecule has 2 aromatic rings. The molecule has 3 rings (SSSR count). The number of benzene rings is 2. The van der Waals surface area contributed by atoms with Crippen molar-refractivity contribution in [3.63, 3.8) is 0 Å². The number of amidine groups is 1. The van der Waals surface area contributed by atoms with Gasteiger partial charge >= 0.3 is 0 Å². The van der Waals surface area contributed by atoms with E-state index in [1.54, 1.807) is 0 Å². The Morgan fingerprint density at radius 2 is 1.90 bits per heavy atom. The summed E-state index contributed by atoms with van der Waals surface area (Å²) in [5.74, 6) is 0.999. The van der Waals surface area contributed by atoms with Crippen LogP contribution in [0.25, 0.3) is 10.8 Å². The first-order valence-corrected chi connectivity index (χ1v) is 7.31. The summed E-state index contributed by atoms with van der Waals surface area (Å²) in [6, 6.07) is 12.4. The van der Waals surface area contributed by atoms with E-state index in [0.29, 0.717) is 0 Å². The van der Waals surface area contributed by atoms with E-state index in [9.17, 15) is 0 Å². The quantitative estimate of drug-likeness (QED) is 0.644. The predicted molar refractivity (Wildman–Crippen MR) is 85.6 cm³/mol. The number of anilines is 1. The summed E-state index contributed by atoms with van der Waals surface area (Å²) in [6.45, 7) is 4.36. The summed E-state index contributed by atoms with van der Waals surface area (Å²) in [6.07, 6.45) is 2.72. The van der Waals surface area contributed by atoms with Crippen LogP contribution in [0.2, 0.25) is 0 Å². The number of rotatable bonds is 5. The highest BCUT2D eigenvalue weighted by Crippen LogP contribution is 2.34. The number of nitrogens with one attached hydrogen (secondary N) is 1. The summed E-state index contributed by atoms with van der Waals surface area (Å²) in [5, 5.41) is 10.0. The van der Waals surface area contributed by atoms with E-state index in [1.165, 1.54) is 23.9 Å². The molecule has 2 aromatic carbocycles. The number of nitrogens with zero attached hydrogens (tertiary/aromatic N) is 1. The Morgan fingerprint density at radius 1 is 1.20 bits per heavy atom. The Morgan fingerprint density at radius 3 is 2.50 bits per heavy atom. The van der Waals surface area contributed by atoms with Crippen molar-refractivity contribution in [2.24, 2.45) is 11.7 Å². The lowest BCUT2D eigenvalue weighted by Gasteiger charge is -2.25. The molecule has 0 radical (unpaired) electrons. The van der Waals surface area contributed by atoms with Crippen LogP contribution in [0, 0.1) is 11.3 Å². The number of nitrogens with two attached hydrogens (primary N) is 1. The number of fused-ring (bicyclic) bond motifs is 1. The van der Waals surface area contributed by atoms with Gasteiger partial charge in [-0.05, 0) is 43.2 Å². The maximum atomic E-state index is 7.73. The molecule has 3 N–H and O–H groups in total. The Balaban J connectivity index is 2.10. The van der Waals surface area contributed by atoms with Crippen molar-refractivity contribution in [1.82, 2.24) is 0 Å². The van der Waals surface area contributed by atoms with E-state index in [1.807, 2.05) is 12.1 Å². The molecule has 0 amide bonds. The summed E-state index contributed by atoms with van der Waals surface area (Å²) < 4.78 is 0. The molecule has 0 aliphatic heterocycles. The van der Waals surface area contributed by atoms with Gasteiger partial charge in [0.15, 0.2) is 0 Å². The third-order valence-corrected chi connectivity index (χ3v) is 4.09. The van der Waals surface area contributed by atoms with Crippen LogP contribution >= 0.6 is 0 Å². The molecular formula is C17H21N3. The summed E-state index contributed by atoms with van der Waals surface area (Å²) in [5.41, 5.74) is 7.79. The Kier molecular flexibility index (Phi) is 3.35. The van der Waals surface area contributed by atoms with Crippen LogP contribution in [-0.2, 0) is 0 Å². The van der Waals surface area contributed by atoms with E-state index >= 15 is 0 Å². The van der Waals surface area contributed by atoms with Crippen LogP contribution in [0.3, 0.4) is 0 Å². The zero-order chi connectivity index (χ0) is 14.1. The van der Waals surface area contributed by atoms with E-state index in [-0.39, 0.29) is 5.84 Å². The SMILES string of the molecule is CCN(CC1CC1)c1ccc(C(=N)N)c2ccccc12. The van der Waals surface area contributed by atoms with Gasteiger partial charge in [-0.2, -0.15) is 0 Å². The highest BCUT2D eigenvalue weighted by atomic mass is 15.1. The van der Waals surface area contributed by atoms with Gasteiger partial charge in [-0.25, -0.2) is 0 Å². The molecule has 0 heterocycles. The summed E-state index contributed by atoms with van der Waals surface area (Å²) in [4.78, 5) is 2.45. The lowest BCUT2D eigenvalue weighted by atomic mass is 10.0. The van der Waals surface area contributed by atoms with Crippen LogP contribution in [0.1, 0.15) is 25.3 Å². The minimum absolute atomic E-state index is 0.137. The van der Waals surface area contributed by atoms with Crippen molar-refractivity contribution >= 4 is 22.3 Å². The smallest absolute Gasteiger partial charge is 0.123 e. The normalized spacial score (nSPS) is 14.4. The second kappa shape index (κ2) is 5.16. The van der Waals surface area contributed by atoms with Gasteiger partial charge < -0.3 is 10.6 Å². The summed E-state index contributed by atoms with van der Waals surface area (Å²) >= 11 is 0.